The van der Waals surface area contributed by atoms with Gasteiger partial charge >= 0.3 is 0 Å². The largest absolute Gasteiger partial charge is 0.0849 e. The summed E-state index contributed by atoms with van der Waals surface area (Å²) in [4.78, 5) is 0. The number of allylic oxidation sites excluding steroid dienone is 6. The van der Waals surface area contributed by atoms with E-state index in [-0.39, 0.29) is 0 Å². The predicted molar refractivity (Wildman–Crippen MR) is 104 cm³/mol. The van der Waals surface area contributed by atoms with Crippen molar-refractivity contribution in [3.05, 3.63) is 33.5 Å². The first-order valence-electron chi connectivity index (χ1n) is 6.04. The Bertz CT molecular complexity index is 322. The SMILES string of the molecule is CC[C@@](I)(CI)CC1=CC/C=C(/I)CCC=C1. The van der Waals surface area contributed by atoms with Gasteiger partial charge in [-0.15, -0.1) is 0 Å². The molecule has 0 fully saturated rings. The molecule has 1 aliphatic rings. The highest BCUT2D eigenvalue weighted by Crippen LogP contribution is 2.34. The highest BCUT2D eigenvalue weighted by molar-refractivity contribution is 14.1. The second-order valence-corrected chi connectivity index (χ2v) is 8.86. The van der Waals surface area contributed by atoms with Crippen molar-refractivity contribution in [2.45, 2.75) is 42.4 Å². The maximum absolute atomic E-state index is 2.64. The van der Waals surface area contributed by atoms with Gasteiger partial charge in [-0.2, -0.15) is 0 Å². The van der Waals surface area contributed by atoms with Crippen molar-refractivity contribution in [2.24, 2.45) is 0 Å². The van der Waals surface area contributed by atoms with Crippen LogP contribution in [0.2, 0.25) is 0 Å². The van der Waals surface area contributed by atoms with Crippen molar-refractivity contribution in [1.29, 1.82) is 0 Å². The lowest BCUT2D eigenvalue weighted by atomic mass is 9.97. The van der Waals surface area contributed by atoms with Crippen molar-refractivity contribution in [1.82, 2.24) is 0 Å². The summed E-state index contributed by atoms with van der Waals surface area (Å²) in [5, 5.41) is 0. The molecule has 0 nitrogen and oxygen atoms in total. The molecule has 0 N–H and O–H groups in total. The van der Waals surface area contributed by atoms with Gasteiger partial charge in [0.05, 0.1) is 0 Å². The molecule has 17 heavy (non-hydrogen) atoms. The average Bonchev–Trinajstić information content (AvgIpc) is 2.42. The Hall–Kier alpha value is 1.41. The van der Waals surface area contributed by atoms with E-state index in [9.17, 15) is 0 Å². The van der Waals surface area contributed by atoms with Crippen LogP contribution in [0.5, 0.6) is 0 Å². The molecule has 1 atom stereocenters. The fourth-order valence-corrected chi connectivity index (χ4v) is 3.54. The molecule has 96 valence electrons. The standard InChI is InChI=1S/C14H19I3/c1-2-14(17,11-15)10-12-6-3-4-8-13(16)9-5-7-12/h3,6-7,9H,2,4-5,8,10-11H2,1H3/b6-3?,12-7?,13-9+/t14-/m0/s1. The molecular weight excluding hydrogens is 549 g/mol. The van der Waals surface area contributed by atoms with E-state index < -0.39 is 0 Å². The van der Waals surface area contributed by atoms with Crippen LogP contribution in [-0.2, 0) is 0 Å². The average molecular weight is 568 g/mol. The molecule has 0 spiro atoms. The molecule has 0 amide bonds. The summed E-state index contributed by atoms with van der Waals surface area (Å²) in [6.45, 7) is 2.30. The van der Waals surface area contributed by atoms with Gasteiger partial charge in [-0.25, -0.2) is 0 Å². The fraction of sp³-hybridized carbons (Fsp3) is 0.571. The van der Waals surface area contributed by atoms with Crippen LogP contribution in [0.3, 0.4) is 0 Å². The first kappa shape index (κ1) is 16.5. The van der Waals surface area contributed by atoms with Crippen LogP contribution in [-0.4, -0.2) is 7.85 Å². The van der Waals surface area contributed by atoms with Crippen LogP contribution < -0.4 is 0 Å². The summed E-state index contributed by atoms with van der Waals surface area (Å²) in [5.74, 6) is 0. The Morgan fingerprint density at radius 2 is 2.12 bits per heavy atom. The summed E-state index contributed by atoms with van der Waals surface area (Å²) >= 11 is 7.62. The zero-order chi connectivity index (χ0) is 12.7. The third-order valence-corrected chi connectivity index (χ3v) is 8.42. The number of halogens is 3. The van der Waals surface area contributed by atoms with Crippen LogP contribution in [0.4, 0.5) is 0 Å². The second-order valence-electron chi connectivity index (χ2n) is 4.42. The third kappa shape index (κ3) is 6.40. The lowest BCUT2D eigenvalue weighted by Gasteiger charge is -2.24. The van der Waals surface area contributed by atoms with Gasteiger partial charge in [0.15, 0.2) is 0 Å². The molecule has 0 aromatic heterocycles. The van der Waals surface area contributed by atoms with Crippen molar-refractivity contribution in [2.75, 3.05) is 4.43 Å². The van der Waals surface area contributed by atoms with E-state index in [0.29, 0.717) is 3.42 Å². The topological polar surface area (TPSA) is 0 Å². The van der Waals surface area contributed by atoms with Crippen LogP contribution >= 0.6 is 67.8 Å². The Balaban J connectivity index is 2.74. The molecule has 0 bridgehead atoms. The van der Waals surface area contributed by atoms with Crippen LogP contribution in [0.15, 0.2) is 33.5 Å². The van der Waals surface area contributed by atoms with Crippen molar-refractivity contribution < 1.29 is 0 Å². The smallest absolute Gasteiger partial charge is 0.0349 e. The Morgan fingerprint density at radius 3 is 2.76 bits per heavy atom. The Morgan fingerprint density at radius 1 is 1.35 bits per heavy atom. The summed E-state index contributed by atoms with van der Waals surface area (Å²) in [6.07, 6.45) is 15.4. The maximum atomic E-state index is 2.64. The molecule has 0 saturated carbocycles. The monoisotopic (exact) mass is 568 g/mol. The van der Waals surface area contributed by atoms with Crippen LogP contribution in [0.25, 0.3) is 0 Å². The van der Waals surface area contributed by atoms with Crippen molar-refractivity contribution >= 4 is 67.8 Å². The van der Waals surface area contributed by atoms with E-state index in [2.05, 4.69) is 99.0 Å². The van der Waals surface area contributed by atoms with Gasteiger partial charge < -0.3 is 0 Å². The minimum Gasteiger partial charge on any atom is -0.0849 e. The number of hydrogen-bond acceptors (Lipinski definition) is 0. The fourth-order valence-electron chi connectivity index (χ4n) is 1.73. The molecule has 1 rings (SSSR count). The lowest BCUT2D eigenvalue weighted by Crippen LogP contribution is -2.21. The first-order chi connectivity index (χ1) is 8.09. The van der Waals surface area contributed by atoms with Gasteiger partial charge in [0.1, 0.15) is 0 Å². The molecule has 0 aromatic carbocycles. The van der Waals surface area contributed by atoms with E-state index in [1.165, 1.54) is 39.3 Å². The molecule has 1 aliphatic carbocycles. The van der Waals surface area contributed by atoms with Gasteiger partial charge in [0.25, 0.3) is 0 Å². The van der Waals surface area contributed by atoms with E-state index >= 15 is 0 Å². The van der Waals surface area contributed by atoms with Gasteiger partial charge in [-0.05, 0) is 58.3 Å². The van der Waals surface area contributed by atoms with E-state index in [1.807, 2.05) is 0 Å². The number of rotatable bonds is 4. The molecule has 0 heterocycles. The van der Waals surface area contributed by atoms with Crippen LogP contribution in [0, 0.1) is 0 Å². The van der Waals surface area contributed by atoms with Gasteiger partial charge in [0.2, 0.25) is 0 Å². The van der Waals surface area contributed by atoms with Gasteiger partial charge in [-0.3, -0.25) is 0 Å². The van der Waals surface area contributed by atoms with E-state index in [4.69, 9.17) is 0 Å². The highest BCUT2D eigenvalue weighted by atomic mass is 127. The maximum Gasteiger partial charge on any atom is 0.0349 e. The minimum absolute atomic E-state index is 0.430. The first-order valence-corrected chi connectivity index (χ1v) is 9.73. The summed E-state index contributed by atoms with van der Waals surface area (Å²) in [6, 6.07) is 0. The second kappa shape index (κ2) is 8.55. The van der Waals surface area contributed by atoms with E-state index in [0.717, 1.165) is 6.42 Å². The van der Waals surface area contributed by atoms with E-state index in [1.54, 1.807) is 0 Å². The number of alkyl halides is 2. The molecule has 0 radical (unpaired) electrons. The quantitative estimate of drug-likeness (QED) is 0.273. The summed E-state index contributed by atoms with van der Waals surface area (Å²) < 4.78 is 3.15. The Kier molecular flexibility index (Phi) is 8.29. The highest BCUT2D eigenvalue weighted by Gasteiger charge is 2.23. The molecule has 0 unspecified atom stereocenters. The summed E-state index contributed by atoms with van der Waals surface area (Å²) in [7, 11) is 0. The summed E-state index contributed by atoms with van der Waals surface area (Å²) in [5.41, 5.74) is 1.51. The molecular formula is C14H19I3. The lowest BCUT2D eigenvalue weighted by molar-refractivity contribution is 0.667. The number of hydrogen-bond donors (Lipinski definition) is 0. The Labute approximate surface area is 146 Å². The molecule has 0 aliphatic heterocycles. The minimum atomic E-state index is 0.430. The normalized spacial score (nSPS) is 23.8. The molecule has 3 heteroatoms. The molecule has 0 saturated heterocycles. The zero-order valence-electron chi connectivity index (χ0n) is 10.2. The third-order valence-electron chi connectivity index (χ3n) is 3.00. The predicted octanol–water partition coefficient (Wildman–Crippen LogP) is 6.38. The van der Waals surface area contributed by atoms with Crippen molar-refractivity contribution in [3.8, 4) is 0 Å². The molecule has 0 aromatic rings. The zero-order valence-corrected chi connectivity index (χ0v) is 16.7. The van der Waals surface area contributed by atoms with Crippen LogP contribution in [0.1, 0.15) is 39.0 Å². The van der Waals surface area contributed by atoms with Crippen molar-refractivity contribution in [3.63, 3.8) is 0 Å². The van der Waals surface area contributed by atoms with Gasteiger partial charge in [-0.1, -0.05) is 82.0 Å². The van der Waals surface area contributed by atoms with Gasteiger partial charge in [0, 0.05) is 7.85 Å².